The lowest BCUT2D eigenvalue weighted by molar-refractivity contribution is -0.123. The van der Waals surface area contributed by atoms with E-state index in [4.69, 9.17) is 5.73 Å². The summed E-state index contributed by atoms with van der Waals surface area (Å²) in [6, 6.07) is 6.07. The van der Waals surface area contributed by atoms with Gasteiger partial charge >= 0.3 is 0 Å². The van der Waals surface area contributed by atoms with E-state index in [1.54, 1.807) is 12.1 Å². The second-order valence-electron chi connectivity index (χ2n) is 7.22. The van der Waals surface area contributed by atoms with Gasteiger partial charge in [0.1, 0.15) is 11.4 Å². The van der Waals surface area contributed by atoms with Crippen LogP contribution in [-0.2, 0) is 4.79 Å². The number of rotatable bonds is 3. The van der Waals surface area contributed by atoms with Crippen LogP contribution in [0.15, 0.2) is 24.3 Å². The molecule has 0 aliphatic heterocycles. The highest BCUT2D eigenvalue weighted by Crippen LogP contribution is 2.42. The SMILES string of the molecule is CC(C)(C)C1CCC(Nc2ccc(F)cc2)(C(N)=O)CC1. The zero-order chi connectivity index (χ0) is 15.7. The molecule has 0 unspecified atom stereocenters. The maximum Gasteiger partial charge on any atom is 0.243 e. The van der Waals surface area contributed by atoms with Crippen LogP contribution in [0.2, 0.25) is 0 Å². The Morgan fingerprint density at radius 2 is 1.76 bits per heavy atom. The van der Waals surface area contributed by atoms with E-state index in [-0.39, 0.29) is 17.1 Å². The van der Waals surface area contributed by atoms with Gasteiger partial charge in [-0.1, -0.05) is 20.8 Å². The van der Waals surface area contributed by atoms with E-state index >= 15 is 0 Å². The Hall–Kier alpha value is -1.58. The highest BCUT2D eigenvalue weighted by molar-refractivity contribution is 5.88. The van der Waals surface area contributed by atoms with Crippen LogP contribution in [0.3, 0.4) is 0 Å². The molecule has 1 fully saturated rings. The topological polar surface area (TPSA) is 55.1 Å². The van der Waals surface area contributed by atoms with Gasteiger partial charge in [-0.25, -0.2) is 4.39 Å². The van der Waals surface area contributed by atoms with E-state index in [9.17, 15) is 9.18 Å². The average molecular weight is 292 g/mol. The number of anilines is 1. The molecule has 0 saturated heterocycles. The molecule has 0 spiro atoms. The molecule has 1 aliphatic carbocycles. The molecule has 4 heteroatoms. The molecule has 1 aromatic rings. The van der Waals surface area contributed by atoms with Crippen LogP contribution in [0.4, 0.5) is 10.1 Å². The quantitative estimate of drug-likeness (QED) is 0.892. The molecule has 0 bridgehead atoms. The standard InChI is InChI=1S/C17H25FN2O/c1-16(2,3)12-8-10-17(11-9-12,15(19)21)20-14-6-4-13(18)5-7-14/h4-7,12,20H,8-11H2,1-3H3,(H2,19,21). The lowest BCUT2D eigenvalue weighted by Crippen LogP contribution is -2.53. The van der Waals surface area contributed by atoms with Crippen molar-refractivity contribution in [3.63, 3.8) is 0 Å². The van der Waals surface area contributed by atoms with Crippen LogP contribution in [0, 0.1) is 17.2 Å². The third-order valence-corrected chi connectivity index (χ3v) is 4.76. The summed E-state index contributed by atoms with van der Waals surface area (Å²) in [5, 5.41) is 3.25. The maximum atomic E-state index is 13.0. The Bertz CT molecular complexity index is 497. The summed E-state index contributed by atoms with van der Waals surface area (Å²) in [4.78, 5) is 12.0. The van der Waals surface area contributed by atoms with E-state index in [2.05, 4.69) is 26.1 Å². The first-order chi connectivity index (χ1) is 9.73. The lowest BCUT2D eigenvalue weighted by atomic mass is 9.67. The van der Waals surface area contributed by atoms with Crippen molar-refractivity contribution in [2.45, 2.75) is 52.0 Å². The molecule has 116 valence electrons. The van der Waals surface area contributed by atoms with Gasteiger partial charge in [-0.2, -0.15) is 0 Å². The highest BCUT2D eigenvalue weighted by atomic mass is 19.1. The number of nitrogens with one attached hydrogen (secondary N) is 1. The number of amides is 1. The first-order valence-corrected chi connectivity index (χ1v) is 7.57. The predicted octanol–water partition coefficient (Wildman–Crippen LogP) is 3.70. The number of halogens is 1. The van der Waals surface area contributed by atoms with Crippen LogP contribution < -0.4 is 11.1 Å². The zero-order valence-corrected chi connectivity index (χ0v) is 13.1. The first-order valence-electron chi connectivity index (χ1n) is 7.57. The smallest absolute Gasteiger partial charge is 0.243 e. The minimum atomic E-state index is -0.709. The van der Waals surface area contributed by atoms with Crippen LogP contribution in [0.1, 0.15) is 46.5 Å². The molecule has 1 aromatic carbocycles. The first kappa shape index (κ1) is 15.8. The number of primary amides is 1. The van der Waals surface area contributed by atoms with Crippen LogP contribution >= 0.6 is 0 Å². The largest absolute Gasteiger partial charge is 0.371 e. The molecule has 0 heterocycles. The van der Waals surface area contributed by atoms with E-state index in [1.807, 2.05) is 0 Å². The summed E-state index contributed by atoms with van der Waals surface area (Å²) in [6.45, 7) is 6.72. The Kier molecular flexibility index (Phi) is 4.26. The fourth-order valence-electron chi connectivity index (χ4n) is 3.22. The van der Waals surface area contributed by atoms with E-state index < -0.39 is 5.54 Å². The van der Waals surface area contributed by atoms with Crippen LogP contribution in [0.5, 0.6) is 0 Å². The van der Waals surface area contributed by atoms with Crippen LogP contribution in [0.25, 0.3) is 0 Å². The fourth-order valence-corrected chi connectivity index (χ4v) is 3.22. The minimum absolute atomic E-state index is 0.250. The van der Waals surface area contributed by atoms with Gasteiger partial charge in [0.25, 0.3) is 0 Å². The third kappa shape index (κ3) is 3.55. The average Bonchev–Trinajstić information content (AvgIpc) is 2.41. The van der Waals surface area contributed by atoms with Crippen molar-refractivity contribution in [1.29, 1.82) is 0 Å². The minimum Gasteiger partial charge on any atom is -0.371 e. The van der Waals surface area contributed by atoms with Gasteiger partial charge in [0.05, 0.1) is 0 Å². The van der Waals surface area contributed by atoms with Gasteiger partial charge in [-0.05, 0) is 61.3 Å². The Morgan fingerprint density at radius 1 is 1.24 bits per heavy atom. The molecular formula is C17H25FN2O. The summed E-state index contributed by atoms with van der Waals surface area (Å²) in [5.41, 5.74) is 5.94. The summed E-state index contributed by atoms with van der Waals surface area (Å²) in [6.07, 6.45) is 3.39. The van der Waals surface area contributed by atoms with E-state index in [0.717, 1.165) is 31.4 Å². The van der Waals surface area contributed by atoms with Crippen molar-refractivity contribution < 1.29 is 9.18 Å². The maximum absolute atomic E-state index is 13.0. The van der Waals surface area contributed by atoms with Crippen molar-refractivity contribution in [1.82, 2.24) is 0 Å². The normalized spacial score (nSPS) is 26.4. The monoisotopic (exact) mass is 292 g/mol. The Morgan fingerprint density at radius 3 is 2.19 bits per heavy atom. The molecule has 1 amide bonds. The van der Waals surface area contributed by atoms with Gasteiger partial charge in [0.15, 0.2) is 0 Å². The fraction of sp³-hybridized carbons (Fsp3) is 0.588. The summed E-state index contributed by atoms with van der Waals surface area (Å²) in [7, 11) is 0. The van der Waals surface area contributed by atoms with Gasteiger partial charge in [-0.3, -0.25) is 4.79 Å². The molecule has 0 atom stereocenters. The third-order valence-electron chi connectivity index (χ3n) is 4.76. The van der Waals surface area contributed by atoms with E-state index in [1.165, 1.54) is 12.1 Å². The molecule has 0 radical (unpaired) electrons. The molecule has 2 rings (SSSR count). The van der Waals surface area contributed by atoms with Crippen LogP contribution in [-0.4, -0.2) is 11.4 Å². The number of carbonyl (C=O) groups excluding carboxylic acids is 1. The van der Waals surface area contributed by atoms with Crippen molar-refractivity contribution in [2.75, 3.05) is 5.32 Å². The number of hydrogen-bond donors (Lipinski definition) is 2. The molecule has 21 heavy (non-hydrogen) atoms. The molecule has 1 saturated carbocycles. The van der Waals surface area contributed by atoms with Crippen molar-refractivity contribution in [3.8, 4) is 0 Å². The van der Waals surface area contributed by atoms with Crippen molar-refractivity contribution >= 4 is 11.6 Å². The van der Waals surface area contributed by atoms with Crippen molar-refractivity contribution in [2.24, 2.45) is 17.1 Å². The Balaban J connectivity index is 2.13. The van der Waals surface area contributed by atoms with Gasteiger partial charge in [-0.15, -0.1) is 0 Å². The van der Waals surface area contributed by atoms with Gasteiger partial charge < -0.3 is 11.1 Å². The summed E-state index contributed by atoms with van der Waals surface area (Å²) >= 11 is 0. The summed E-state index contributed by atoms with van der Waals surface area (Å²) < 4.78 is 13.0. The molecule has 0 aromatic heterocycles. The second kappa shape index (κ2) is 5.66. The van der Waals surface area contributed by atoms with E-state index in [0.29, 0.717) is 5.92 Å². The second-order valence-corrected chi connectivity index (χ2v) is 7.22. The lowest BCUT2D eigenvalue weighted by Gasteiger charge is -2.43. The number of benzene rings is 1. The zero-order valence-electron chi connectivity index (χ0n) is 13.1. The molecule has 1 aliphatic rings. The Labute approximate surface area is 126 Å². The number of nitrogens with two attached hydrogens (primary N) is 1. The molecule has 3 N–H and O–H groups in total. The molecule has 3 nitrogen and oxygen atoms in total. The van der Waals surface area contributed by atoms with Gasteiger partial charge in [0, 0.05) is 5.69 Å². The summed E-state index contributed by atoms with van der Waals surface area (Å²) in [5.74, 6) is -0.00991. The molecular weight excluding hydrogens is 267 g/mol. The van der Waals surface area contributed by atoms with Gasteiger partial charge in [0.2, 0.25) is 5.91 Å². The predicted molar refractivity (Wildman–Crippen MR) is 83.4 cm³/mol. The number of hydrogen-bond acceptors (Lipinski definition) is 2. The van der Waals surface area contributed by atoms with Crippen molar-refractivity contribution in [3.05, 3.63) is 30.1 Å². The number of carbonyl (C=O) groups is 1. The highest BCUT2D eigenvalue weighted by Gasteiger charge is 2.42.